The van der Waals surface area contributed by atoms with Crippen LogP contribution in [0.1, 0.15) is 40.9 Å². The van der Waals surface area contributed by atoms with Gasteiger partial charge in [0.05, 0.1) is 13.2 Å². The largest absolute Gasteiger partial charge is 0.493 e. The predicted molar refractivity (Wildman–Crippen MR) is 112 cm³/mol. The highest BCUT2D eigenvalue weighted by Crippen LogP contribution is 2.25. The summed E-state index contributed by atoms with van der Waals surface area (Å²) >= 11 is 0. The van der Waals surface area contributed by atoms with Crippen molar-refractivity contribution in [3.05, 3.63) is 58.7 Å². The second kappa shape index (κ2) is 8.97. The van der Waals surface area contributed by atoms with Gasteiger partial charge in [-0.2, -0.15) is 0 Å². The van der Waals surface area contributed by atoms with Gasteiger partial charge in [0, 0.05) is 23.1 Å². The third kappa shape index (κ3) is 4.80. The molecular formula is C24H32N2O3+2. The fourth-order valence-electron chi connectivity index (χ4n) is 4.45. The van der Waals surface area contributed by atoms with Crippen LogP contribution >= 0.6 is 0 Å². The van der Waals surface area contributed by atoms with Crippen LogP contribution in [0.2, 0.25) is 0 Å². The van der Waals surface area contributed by atoms with Gasteiger partial charge in [0.15, 0.2) is 5.78 Å². The molecule has 2 heterocycles. The number of ether oxygens (including phenoxy) is 2. The van der Waals surface area contributed by atoms with E-state index in [2.05, 4.69) is 18.2 Å². The van der Waals surface area contributed by atoms with E-state index in [0.29, 0.717) is 6.61 Å². The van der Waals surface area contributed by atoms with Crippen molar-refractivity contribution in [3.8, 4) is 11.5 Å². The lowest BCUT2D eigenvalue weighted by Crippen LogP contribution is -3.27. The number of hydrogen-bond donors (Lipinski definition) is 2. The topological polar surface area (TPSA) is 44.4 Å². The van der Waals surface area contributed by atoms with Crippen molar-refractivity contribution >= 4 is 5.78 Å². The van der Waals surface area contributed by atoms with E-state index in [0.717, 1.165) is 61.8 Å². The molecule has 2 aliphatic heterocycles. The highest BCUT2D eigenvalue weighted by atomic mass is 16.5. The van der Waals surface area contributed by atoms with Crippen LogP contribution in [-0.4, -0.2) is 45.2 Å². The summed E-state index contributed by atoms with van der Waals surface area (Å²) in [5.74, 6) is 2.09. The number of Topliss-reactive ketones (excluding diaryl/α,β-unsaturated/α-hetero) is 1. The number of quaternary nitrogens is 2. The van der Waals surface area contributed by atoms with Crippen LogP contribution in [-0.2, 0) is 19.5 Å². The zero-order valence-corrected chi connectivity index (χ0v) is 17.6. The molecule has 0 spiro atoms. The summed E-state index contributed by atoms with van der Waals surface area (Å²) in [6.07, 6.45) is 1.04. The fourth-order valence-corrected chi connectivity index (χ4v) is 4.45. The van der Waals surface area contributed by atoms with Crippen molar-refractivity contribution in [2.24, 2.45) is 0 Å². The average molecular weight is 397 g/mol. The van der Waals surface area contributed by atoms with E-state index in [9.17, 15) is 4.79 Å². The average Bonchev–Trinajstić information content (AvgIpc) is 3.18. The zero-order chi connectivity index (χ0) is 20.2. The third-order valence-corrected chi connectivity index (χ3v) is 6.08. The smallest absolute Gasteiger partial charge is 0.159 e. The maximum Gasteiger partial charge on any atom is 0.159 e. The Labute approximate surface area is 173 Å². The summed E-state index contributed by atoms with van der Waals surface area (Å²) < 4.78 is 11.4. The maximum atomic E-state index is 11.8. The molecule has 4 rings (SSSR count). The highest BCUT2D eigenvalue weighted by Gasteiger charge is 2.25. The van der Waals surface area contributed by atoms with Crippen LogP contribution in [0.4, 0.5) is 0 Å². The van der Waals surface area contributed by atoms with Crippen molar-refractivity contribution in [2.75, 3.05) is 39.4 Å². The van der Waals surface area contributed by atoms with Gasteiger partial charge in [0.1, 0.15) is 50.8 Å². The van der Waals surface area contributed by atoms with Crippen molar-refractivity contribution in [2.45, 2.75) is 33.4 Å². The van der Waals surface area contributed by atoms with E-state index in [1.54, 1.807) is 16.7 Å². The van der Waals surface area contributed by atoms with Gasteiger partial charge in [0.2, 0.25) is 0 Å². The van der Waals surface area contributed by atoms with E-state index < -0.39 is 0 Å². The standard InChI is InChI=1S/C24H30N2O3/c1-3-28-24-7-5-20(18(2)27)15-22(24)17-26-11-9-25(10-12-26)16-19-4-6-23-21(14-19)8-13-29-23/h4-7,14-15H,3,8-13,16-17H2,1-2H3/p+2. The van der Waals surface area contributed by atoms with Gasteiger partial charge in [-0.15, -0.1) is 0 Å². The zero-order valence-electron chi connectivity index (χ0n) is 17.6. The molecule has 0 radical (unpaired) electrons. The van der Waals surface area contributed by atoms with Crippen molar-refractivity contribution < 1.29 is 24.1 Å². The van der Waals surface area contributed by atoms with Crippen molar-refractivity contribution in [3.63, 3.8) is 0 Å². The third-order valence-electron chi connectivity index (χ3n) is 6.08. The molecule has 2 aliphatic rings. The van der Waals surface area contributed by atoms with Crippen LogP contribution in [0, 0.1) is 0 Å². The molecule has 0 amide bonds. The van der Waals surface area contributed by atoms with Gasteiger partial charge < -0.3 is 19.3 Å². The van der Waals surface area contributed by atoms with Gasteiger partial charge in [-0.1, -0.05) is 0 Å². The summed E-state index contributed by atoms with van der Waals surface area (Å²) in [5, 5.41) is 0. The molecular weight excluding hydrogens is 364 g/mol. The lowest BCUT2D eigenvalue weighted by Gasteiger charge is -2.30. The van der Waals surface area contributed by atoms with E-state index in [4.69, 9.17) is 9.47 Å². The molecule has 0 bridgehead atoms. The van der Waals surface area contributed by atoms with Crippen LogP contribution < -0.4 is 19.3 Å². The summed E-state index contributed by atoms with van der Waals surface area (Å²) in [7, 11) is 0. The molecule has 0 aromatic heterocycles. The molecule has 29 heavy (non-hydrogen) atoms. The minimum Gasteiger partial charge on any atom is -0.493 e. The first-order chi connectivity index (χ1) is 14.1. The second-order valence-corrected chi connectivity index (χ2v) is 8.21. The molecule has 0 unspecified atom stereocenters. The normalized spacial score (nSPS) is 20.8. The molecule has 2 aromatic carbocycles. The van der Waals surface area contributed by atoms with Gasteiger partial charge >= 0.3 is 0 Å². The Kier molecular flexibility index (Phi) is 6.16. The van der Waals surface area contributed by atoms with Crippen LogP contribution in [0.3, 0.4) is 0 Å². The number of nitrogens with one attached hydrogen (secondary N) is 2. The molecule has 2 aromatic rings. The predicted octanol–water partition coefficient (Wildman–Crippen LogP) is 0.706. The van der Waals surface area contributed by atoms with Gasteiger partial charge in [-0.05, 0) is 55.8 Å². The minimum atomic E-state index is 0.110. The van der Waals surface area contributed by atoms with E-state index in [-0.39, 0.29) is 5.78 Å². The van der Waals surface area contributed by atoms with Gasteiger partial charge in [-0.25, -0.2) is 0 Å². The Morgan fingerprint density at radius 1 is 1.03 bits per heavy atom. The number of hydrogen-bond acceptors (Lipinski definition) is 3. The number of fused-ring (bicyclic) bond motifs is 1. The number of carbonyl (C=O) groups excluding carboxylic acids is 1. The first-order valence-corrected chi connectivity index (χ1v) is 10.8. The van der Waals surface area contributed by atoms with Crippen molar-refractivity contribution in [1.29, 1.82) is 0 Å². The quantitative estimate of drug-likeness (QED) is 0.678. The summed E-state index contributed by atoms with van der Waals surface area (Å²) in [6.45, 7) is 11.7. The van der Waals surface area contributed by atoms with Crippen LogP contribution in [0.25, 0.3) is 0 Å². The Morgan fingerprint density at radius 3 is 2.52 bits per heavy atom. The summed E-state index contributed by atoms with van der Waals surface area (Å²) in [5.41, 5.74) is 4.70. The Balaban J connectivity index is 1.35. The Morgan fingerprint density at radius 2 is 1.79 bits per heavy atom. The number of piperazine rings is 1. The first-order valence-electron chi connectivity index (χ1n) is 10.8. The molecule has 5 nitrogen and oxygen atoms in total. The Hall–Kier alpha value is -2.37. The first kappa shape index (κ1) is 19.9. The lowest BCUT2D eigenvalue weighted by molar-refractivity contribution is -1.02. The molecule has 1 fully saturated rings. The van der Waals surface area contributed by atoms with Gasteiger partial charge in [-0.3, -0.25) is 4.79 Å². The second-order valence-electron chi connectivity index (χ2n) is 8.21. The summed E-state index contributed by atoms with van der Waals surface area (Å²) in [6, 6.07) is 12.5. The highest BCUT2D eigenvalue weighted by molar-refractivity contribution is 5.94. The molecule has 0 aliphatic carbocycles. The van der Waals surface area contributed by atoms with Crippen LogP contribution in [0.5, 0.6) is 11.5 Å². The van der Waals surface area contributed by atoms with E-state index in [1.807, 2.05) is 25.1 Å². The fraction of sp³-hybridized carbons (Fsp3) is 0.458. The maximum absolute atomic E-state index is 11.8. The molecule has 154 valence electrons. The molecule has 0 saturated carbocycles. The number of rotatable bonds is 7. The SMILES string of the molecule is CCOc1ccc(C(C)=O)cc1C[NH+]1CC[NH+](Cc2ccc3c(c2)CCO3)CC1. The lowest BCUT2D eigenvalue weighted by atomic mass is 10.1. The minimum absolute atomic E-state index is 0.110. The number of benzene rings is 2. The molecule has 5 heteroatoms. The van der Waals surface area contributed by atoms with E-state index >= 15 is 0 Å². The van der Waals surface area contributed by atoms with E-state index in [1.165, 1.54) is 24.2 Å². The molecule has 1 saturated heterocycles. The Bertz CT molecular complexity index is 872. The van der Waals surface area contributed by atoms with Gasteiger partial charge in [0.25, 0.3) is 0 Å². The molecule has 2 N–H and O–H groups in total. The van der Waals surface area contributed by atoms with Crippen molar-refractivity contribution in [1.82, 2.24) is 0 Å². The number of carbonyl (C=O) groups is 1. The molecule has 0 atom stereocenters. The van der Waals surface area contributed by atoms with Crippen LogP contribution in [0.15, 0.2) is 36.4 Å². The monoisotopic (exact) mass is 396 g/mol. The summed E-state index contributed by atoms with van der Waals surface area (Å²) in [4.78, 5) is 15.0. The number of ketones is 1.